The maximum atomic E-state index is 12.8. The van der Waals surface area contributed by atoms with Gasteiger partial charge >= 0.3 is 5.63 Å². The first kappa shape index (κ1) is 16.9. The lowest BCUT2D eigenvalue weighted by molar-refractivity contribution is 0.509. The van der Waals surface area contributed by atoms with E-state index in [1.165, 1.54) is 4.88 Å². The highest BCUT2D eigenvalue weighted by atomic mass is 79.9. The number of nitrogens with one attached hydrogen (secondary N) is 1. The van der Waals surface area contributed by atoms with Crippen molar-refractivity contribution in [1.82, 2.24) is 9.97 Å². The van der Waals surface area contributed by atoms with Gasteiger partial charge in [0.25, 0.3) is 5.56 Å². The maximum absolute atomic E-state index is 12.8. The van der Waals surface area contributed by atoms with Crippen molar-refractivity contribution in [3.05, 3.63) is 60.0 Å². The molecular weight excluding hydrogens is 428 g/mol. The highest BCUT2D eigenvalue weighted by Gasteiger charge is 2.23. The highest BCUT2D eigenvalue weighted by Crippen LogP contribution is 2.36. The Balaban J connectivity index is 1.74. The van der Waals surface area contributed by atoms with E-state index in [1.807, 2.05) is 12.1 Å². The third kappa shape index (κ3) is 2.76. The number of aromatic amines is 1. The first-order valence-corrected chi connectivity index (χ1v) is 10.4. The van der Waals surface area contributed by atoms with Crippen LogP contribution in [0.25, 0.3) is 32.6 Å². The van der Waals surface area contributed by atoms with Gasteiger partial charge in [-0.3, -0.25) is 4.79 Å². The third-order valence-corrected chi connectivity index (χ3v) is 6.76. The normalized spacial score (nSPS) is 16.7. The number of benzene rings is 1. The number of hydrogen-bond acceptors (Lipinski definition) is 5. The summed E-state index contributed by atoms with van der Waals surface area (Å²) < 4.78 is 6.30. The Hall–Kier alpha value is -2.25. The van der Waals surface area contributed by atoms with Crippen LogP contribution in [0.5, 0.6) is 0 Å². The fraction of sp³-hybridized carbons (Fsp3) is 0.250. The smallest absolute Gasteiger partial charge is 0.347 e. The highest BCUT2D eigenvalue weighted by molar-refractivity contribution is 9.10. The Kier molecular flexibility index (Phi) is 3.84. The molecular formula is C20H15BrN2O3S. The molecule has 27 heavy (non-hydrogen) atoms. The van der Waals surface area contributed by atoms with Gasteiger partial charge in [-0.15, -0.1) is 11.3 Å². The minimum absolute atomic E-state index is 0.184. The summed E-state index contributed by atoms with van der Waals surface area (Å²) in [6.07, 6.45) is 2.98. The Labute approximate surface area is 166 Å². The minimum Gasteiger partial charge on any atom is -0.422 e. The predicted molar refractivity (Wildman–Crippen MR) is 111 cm³/mol. The molecule has 3 aromatic heterocycles. The van der Waals surface area contributed by atoms with Crippen LogP contribution in [0.1, 0.15) is 23.8 Å². The number of halogens is 1. The van der Waals surface area contributed by atoms with Crippen molar-refractivity contribution in [3.63, 3.8) is 0 Å². The first-order valence-electron chi connectivity index (χ1n) is 8.78. The number of rotatable bonds is 1. The summed E-state index contributed by atoms with van der Waals surface area (Å²) in [7, 11) is 0. The molecule has 0 radical (unpaired) electrons. The van der Waals surface area contributed by atoms with Crippen molar-refractivity contribution in [2.24, 2.45) is 5.92 Å². The number of fused-ring (bicyclic) bond motifs is 4. The van der Waals surface area contributed by atoms with Crippen molar-refractivity contribution in [1.29, 1.82) is 0 Å². The van der Waals surface area contributed by atoms with Gasteiger partial charge in [-0.2, -0.15) is 0 Å². The van der Waals surface area contributed by atoms with Gasteiger partial charge in [0.05, 0.1) is 5.39 Å². The first-order chi connectivity index (χ1) is 13.0. The molecule has 0 saturated carbocycles. The topological polar surface area (TPSA) is 76.0 Å². The lowest BCUT2D eigenvalue weighted by atomic mass is 9.89. The lowest BCUT2D eigenvalue weighted by Gasteiger charge is -2.17. The van der Waals surface area contributed by atoms with Crippen molar-refractivity contribution in [2.45, 2.75) is 26.2 Å². The summed E-state index contributed by atoms with van der Waals surface area (Å²) in [6, 6.07) is 7.13. The van der Waals surface area contributed by atoms with Crippen LogP contribution in [-0.2, 0) is 12.8 Å². The molecule has 1 atom stereocenters. The van der Waals surface area contributed by atoms with Crippen LogP contribution < -0.4 is 11.2 Å². The van der Waals surface area contributed by atoms with Crippen LogP contribution in [0.3, 0.4) is 0 Å². The van der Waals surface area contributed by atoms with Crippen molar-refractivity contribution in [3.8, 4) is 11.4 Å². The fourth-order valence-corrected chi connectivity index (χ4v) is 5.50. The van der Waals surface area contributed by atoms with Gasteiger partial charge in [0.15, 0.2) is 0 Å². The molecule has 1 N–H and O–H groups in total. The molecule has 0 saturated heterocycles. The van der Waals surface area contributed by atoms with Crippen LogP contribution in [0.4, 0.5) is 0 Å². The molecule has 3 heterocycles. The van der Waals surface area contributed by atoms with Crippen LogP contribution >= 0.6 is 27.3 Å². The zero-order valence-corrected chi connectivity index (χ0v) is 16.9. The summed E-state index contributed by atoms with van der Waals surface area (Å²) in [6.45, 7) is 2.23. The van der Waals surface area contributed by atoms with E-state index in [0.29, 0.717) is 21.7 Å². The van der Waals surface area contributed by atoms with Gasteiger partial charge in [-0.05, 0) is 55.0 Å². The molecule has 1 aromatic carbocycles. The van der Waals surface area contributed by atoms with E-state index in [0.717, 1.165) is 34.7 Å². The van der Waals surface area contributed by atoms with Crippen LogP contribution in [0, 0.1) is 5.92 Å². The van der Waals surface area contributed by atoms with Crippen molar-refractivity contribution >= 4 is 48.5 Å². The van der Waals surface area contributed by atoms with E-state index in [-0.39, 0.29) is 16.9 Å². The second-order valence-corrected chi connectivity index (χ2v) is 9.08. The summed E-state index contributed by atoms with van der Waals surface area (Å²) >= 11 is 4.99. The van der Waals surface area contributed by atoms with E-state index in [9.17, 15) is 9.59 Å². The van der Waals surface area contributed by atoms with Gasteiger partial charge in [0.1, 0.15) is 21.8 Å². The molecule has 0 spiro atoms. The Morgan fingerprint density at radius 2 is 2.15 bits per heavy atom. The van der Waals surface area contributed by atoms with Crippen molar-refractivity contribution < 1.29 is 4.42 Å². The molecule has 0 fully saturated rings. The quantitative estimate of drug-likeness (QED) is 0.435. The van der Waals surface area contributed by atoms with Crippen molar-refractivity contribution in [2.75, 3.05) is 0 Å². The average molecular weight is 443 g/mol. The molecule has 4 aromatic rings. The van der Waals surface area contributed by atoms with Crippen LogP contribution in [-0.4, -0.2) is 9.97 Å². The lowest BCUT2D eigenvalue weighted by Crippen LogP contribution is -2.15. The minimum atomic E-state index is -0.512. The van der Waals surface area contributed by atoms with E-state index >= 15 is 0 Å². The van der Waals surface area contributed by atoms with Gasteiger partial charge in [0.2, 0.25) is 0 Å². The van der Waals surface area contributed by atoms with Gasteiger partial charge in [0, 0.05) is 14.7 Å². The third-order valence-electron chi connectivity index (χ3n) is 5.11. The molecule has 7 heteroatoms. The Morgan fingerprint density at radius 3 is 3.00 bits per heavy atom. The van der Waals surface area contributed by atoms with Gasteiger partial charge in [-0.1, -0.05) is 22.9 Å². The van der Waals surface area contributed by atoms with Crippen LogP contribution in [0.15, 0.2) is 42.7 Å². The maximum Gasteiger partial charge on any atom is 0.347 e. The fourth-order valence-electron chi connectivity index (χ4n) is 3.74. The SMILES string of the molecule is C[C@@H]1CCc2c(sc3nc(-c4cc5cc(Br)ccc5oc4=O)[nH]c(=O)c23)C1. The van der Waals surface area contributed by atoms with Gasteiger partial charge < -0.3 is 9.40 Å². The summed E-state index contributed by atoms with van der Waals surface area (Å²) in [5.41, 5.74) is 1.19. The standard InChI is InChI=1S/C20H15BrN2O3S/c1-9-2-4-12-15(6-9)27-19-16(12)18(24)22-17(23-19)13-8-10-7-11(21)3-5-14(10)26-20(13)25/h3,5,7-9H,2,4,6H2,1H3,(H,22,23,24)/t9-/m1/s1. The van der Waals surface area contributed by atoms with E-state index in [4.69, 9.17) is 4.42 Å². The second kappa shape index (κ2) is 6.14. The second-order valence-electron chi connectivity index (χ2n) is 7.08. The number of hydrogen-bond donors (Lipinski definition) is 1. The molecule has 0 unspecified atom stereocenters. The Bertz CT molecular complexity index is 1340. The van der Waals surface area contributed by atoms with Crippen LogP contribution in [0.2, 0.25) is 0 Å². The molecule has 0 amide bonds. The summed E-state index contributed by atoms with van der Waals surface area (Å²) in [5.74, 6) is 0.880. The largest absolute Gasteiger partial charge is 0.422 e. The monoisotopic (exact) mass is 442 g/mol. The molecule has 0 aliphatic heterocycles. The zero-order chi connectivity index (χ0) is 18.7. The van der Waals surface area contributed by atoms with E-state index < -0.39 is 5.63 Å². The number of nitrogens with zero attached hydrogens (tertiary/aromatic N) is 1. The number of thiophene rings is 1. The number of H-pyrrole nitrogens is 1. The summed E-state index contributed by atoms with van der Waals surface area (Å²) in [4.78, 5) is 34.6. The molecule has 0 bridgehead atoms. The van der Waals surface area contributed by atoms with E-state index in [2.05, 4.69) is 32.8 Å². The molecule has 5 rings (SSSR count). The number of aromatic nitrogens is 2. The molecule has 136 valence electrons. The average Bonchev–Trinajstić information content (AvgIpc) is 2.99. The molecule has 5 nitrogen and oxygen atoms in total. The molecule has 1 aliphatic carbocycles. The predicted octanol–water partition coefficient (Wildman–Crippen LogP) is 4.65. The van der Waals surface area contributed by atoms with Gasteiger partial charge in [-0.25, -0.2) is 9.78 Å². The Morgan fingerprint density at radius 1 is 1.30 bits per heavy atom. The summed E-state index contributed by atoms with van der Waals surface area (Å²) in [5, 5.41) is 1.44. The van der Waals surface area contributed by atoms with E-state index in [1.54, 1.807) is 23.5 Å². The zero-order valence-electron chi connectivity index (χ0n) is 14.5. The molecule has 1 aliphatic rings. The number of aryl methyl sites for hydroxylation is 1.